The van der Waals surface area contributed by atoms with Crippen molar-refractivity contribution in [2.75, 3.05) is 5.73 Å². The molecule has 0 atom stereocenters. The van der Waals surface area contributed by atoms with Crippen LogP contribution in [0.3, 0.4) is 0 Å². The quantitative estimate of drug-likeness (QED) is 0.595. The average molecular weight is 278 g/mol. The van der Waals surface area contributed by atoms with Crippen LogP contribution in [0, 0.1) is 0 Å². The molecule has 0 saturated heterocycles. The molecule has 6 heteroatoms. The molecule has 0 radical (unpaired) electrons. The van der Waals surface area contributed by atoms with Crippen molar-refractivity contribution in [3.63, 3.8) is 0 Å². The third kappa shape index (κ3) is 4.70. The van der Waals surface area contributed by atoms with Gasteiger partial charge in [0.15, 0.2) is 0 Å². The number of hydrogen-bond acceptors (Lipinski definition) is 3. The Balaban J connectivity index is 0.000000221. The molecule has 2 aromatic carbocycles. The van der Waals surface area contributed by atoms with Gasteiger partial charge in [0.25, 0.3) is 0 Å². The zero-order chi connectivity index (χ0) is 12.2. The van der Waals surface area contributed by atoms with E-state index in [9.17, 15) is 0 Å². The van der Waals surface area contributed by atoms with Crippen LogP contribution in [-0.4, -0.2) is 8.42 Å². The lowest BCUT2D eigenvalue weighted by molar-refractivity contribution is 0.621. The highest BCUT2D eigenvalue weighted by Crippen LogP contribution is 2.19. The van der Waals surface area contributed by atoms with E-state index < -0.39 is 8.26 Å². The molecule has 0 aliphatic carbocycles. The Labute approximate surface area is 103 Å². The lowest BCUT2D eigenvalue weighted by Gasteiger charge is -1.98. The SMILES string of the molecule is Nc1cccc2ccccc12.O=S(=O)(Cl)Cl. The van der Waals surface area contributed by atoms with Crippen molar-refractivity contribution in [1.29, 1.82) is 0 Å². The van der Waals surface area contributed by atoms with Crippen molar-refractivity contribution in [2.24, 2.45) is 0 Å². The van der Waals surface area contributed by atoms with E-state index in [1.165, 1.54) is 5.39 Å². The molecule has 0 unspecified atom stereocenters. The lowest BCUT2D eigenvalue weighted by atomic mass is 10.1. The Morgan fingerprint density at radius 1 is 0.938 bits per heavy atom. The van der Waals surface area contributed by atoms with Gasteiger partial charge in [-0.15, -0.1) is 0 Å². The van der Waals surface area contributed by atoms with Crippen LogP contribution in [0.5, 0.6) is 0 Å². The number of nitrogens with two attached hydrogens (primary N) is 1. The molecule has 0 fully saturated rings. The maximum atomic E-state index is 9.16. The van der Waals surface area contributed by atoms with Gasteiger partial charge >= 0.3 is 8.26 Å². The predicted molar refractivity (Wildman–Crippen MR) is 69.0 cm³/mol. The van der Waals surface area contributed by atoms with Crippen LogP contribution in [0.1, 0.15) is 0 Å². The van der Waals surface area contributed by atoms with Crippen LogP contribution in [-0.2, 0) is 8.26 Å². The molecule has 0 bridgehead atoms. The van der Waals surface area contributed by atoms with Gasteiger partial charge in [0.05, 0.1) is 0 Å². The van der Waals surface area contributed by atoms with E-state index in [0.29, 0.717) is 0 Å². The number of benzene rings is 2. The van der Waals surface area contributed by atoms with Crippen molar-refractivity contribution in [3.8, 4) is 0 Å². The number of nitrogen functional groups attached to an aromatic ring is 1. The Morgan fingerprint density at radius 2 is 1.44 bits per heavy atom. The fraction of sp³-hybridized carbons (Fsp3) is 0. The van der Waals surface area contributed by atoms with Crippen LogP contribution in [0.25, 0.3) is 10.8 Å². The Hall–Kier alpha value is -0.970. The van der Waals surface area contributed by atoms with Gasteiger partial charge in [-0.25, -0.2) is 0 Å². The summed E-state index contributed by atoms with van der Waals surface area (Å²) in [5.41, 5.74) is 6.61. The zero-order valence-electron chi connectivity index (χ0n) is 8.10. The monoisotopic (exact) mass is 277 g/mol. The van der Waals surface area contributed by atoms with Gasteiger partial charge in [-0.05, 0) is 11.5 Å². The van der Waals surface area contributed by atoms with Gasteiger partial charge in [-0.1, -0.05) is 36.4 Å². The fourth-order valence-corrected chi connectivity index (χ4v) is 1.25. The van der Waals surface area contributed by atoms with E-state index in [-0.39, 0.29) is 0 Å². The number of fused-ring (bicyclic) bond motifs is 1. The normalized spacial score (nSPS) is 10.6. The first-order valence-corrected chi connectivity index (χ1v) is 7.39. The number of halogens is 2. The van der Waals surface area contributed by atoms with E-state index in [4.69, 9.17) is 14.2 Å². The van der Waals surface area contributed by atoms with Crippen molar-refractivity contribution in [1.82, 2.24) is 0 Å². The zero-order valence-corrected chi connectivity index (χ0v) is 10.4. The van der Waals surface area contributed by atoms with Gasteiger partial charge in [0, 0.05) is 32.4 Å². The molecule has 0 amide bonds. The highest BCUT2D eigenvalue weighted by atomic mass is 36.0. The van der Waals surface area contributed by atoms with Crippen LogP contribution < -0.4 is 5.73 Å². The summed E-state index contributed by atoms with van der Waals surface area (Å²) in [7, 11) is 4.81. The van der Waals surface area contributed by atoms with Gasteiger partial charge in [-0.2, -0.15) is 8.42 Å². The first-order chi connectivity index (χ1) is 7.38. The summed E-state index contributed by atoms with van der Waals surface area (Å²) in [4.78, 5) is 0. The summed E-state index contributed by atoms with van der Waals surface area (Å²) >= 11 is 0. The predicted octanol–water partition coefficient (Wildman–Crippen LogP) is 3.13. The van der Waals surface area contributed by atoms with Crippen LogP contribution in [0.2, 0.25) is 0 Å². The fourth-order valence-electron chi connectivity index (χ4n) is 1.25. The Kier molecular flexibility index (Phi) is 4.41. The smallest absolute Gasteiger partial charge is 0.317 e. The molecular formula is C10H9Cl2NO2S. The number of rotatable bonds is 0. The summed E-state index contributed by atoms with van der Waals surface area (Å²) in [5.74, 6) is 0. The van der Waals surface area contributed by atoms with Crippen LogP contribution in [0.4, 0.5) is 5.69 Å². The Morgan fingerprint density at radius 3 is 2.00 bits per heavy atom. The van der Waals surface area contributed by atoms with E-state index in [1.807, 2.05) is 30.3 Å². The molecule has 0 spiro atoms. The molecule has 16 heavy (non-hydrogen) atoms. The minimum absolute atomic E-state index is 0.850. The highest BCUT2D eigenvalue weighted by Gasteiger charge is 1.92. The summed E-state index contributed by atoms with van der Waals surface area (Å²) in [6.07, 6.45) is 0. The Bertz CT molecular complexity index is 571. The molecular weight excluding hydrogens is 269 g/mol. The molecule has 2 rings (SSSR count). The van der Waals surface area contributed by atoms with Crippen molar-refractivity contribution >= 4 is 46.1 Å². The standard InChI is InChI=1S/C10H9N.Cl2O2S/c11-10-7-3-5-8-4-1-2-6-9(8)10;1-5(2,3)4/h1-7H,11H2;. The first-order valence-electron chi connectivity index (χ1n) is 4.25. The largest absolute Gasteiger partial charge is 0.398 e. The second-order valence-corrected chi connectivity index (χ2v) is 6.61. The molecule has 0 heterocycles. The van der Waals surface area contributed by atoms with Crippen molar-refractivity contribution in [3.05, 3.63) is 42.5 Å². The lowest BCUT2D eigenvalue weighted by Crippen LogP contribution is -1.84. The number of hydrogen-bond donors (Lipinski definition) is 1. The van der Waals surface area contributed by atoms with E-state index >= 15 is 0 Å². The third-order valence-electron chi connectivity index (χ3n) is 1.82. The van der Waals surface area contributed by atoms with E-state index in [1.54, 1.807) is 0 Å². The minimum atomic E-state index is -3.72. The topological polar surface area (TPSA) is 60.2 Å². The molecule has 0 aliphatic rings. The molecule has 0 saturated carbocycles. The highest BCUT2D eigenvalue weighted by molar-refractivity contribution is 8.31. The number of anilines is 1. The molecule has 2 aromatic rings. The van der Waals surface area contributed by atoms with Crippen molar-refractivity contribution < 1.29 is 8.42 Å². The summed E-state index contributed by atoms with van der Waals surface area (Å²) < 4.78 is 18.3. The van der Waals surface area contributed by atoms with Gasteiger partial charge in [0.2, 0.25) is 0 Å². The molecule has 86 valence electrons. The summed E-state index contributed by atoms with van der Waals surface area (Å²) in [6, 6.07) is 14.1. The maximum Gasteiger partial charge on any atom is 0.317 e. The van der Waals surface area contributed by atoms with Crippen LogP contribution in [0.15, 0.2) is 42.5 Å². The second-order valence-electron chi connectivity index (χ2n) is 2.95. The second kappa shape index (κ2) is 5.39. The maximum absolute atomic E-state index is 9.16. The molecule has 2 N–H and O–H groups in total. The van der Waals surface area contributed by atoms with Gasteiger partial charge in [0.1, 0.15) is 0 Å². The molecule has 3 nitrogen and oxygen atoms in total. The minimum Gasteiger partial charge on any atom is -0.398 e. The molecule has 0 aliphatic heterocycles. The van der Waals surface area contributed by atoms with E-state index in [0.717, 1.165) is 11.1 Å². The van der Waals surface area contributed by atoms with Crippen molar-refractivity contribution in [2.45, 2.75) is 0 Å². The van der Waals surface area contributed by atoms with E-state index in [2.05, 4.69) is 33.5 Å². The van der Waals surface area contributed by atoms with Crippen LogP contribution >= 0.6 is 21.4 Å². The van der Waals surface area contributed by atoms with Gasteiger partial charge in [-0.3, -0.25) is 0 Å². The van der Waals surface area contributed by atoms with Gasteiger partial charge < -0.3 is 5.73 Å². The summed E-state index contributed by atoms with van der Waals surface area (Å²) in [6.45, 7) is 0. The summed E-state index contributed by atoms with van der Waals surface area (Å²) in [5, 5.41) is 2.34. The first kappa shape index (κ1) is 13.1. The molecule has 0 aromatic heterocycles. The third-order valence-corrected chi connectivity index (χ3v) is 1.82. The average Bonchev–Trinajstić information content (AvgIpc) is 2.16.